The van der Waals surface area contributed by atoms with Gasteiger partial charge in [0.15, 0.2) is 0 Å². The minimum atomic E-state index is -0.310. The number of hydrogen-bond donors (Lipinski definition) is 2. The smallest absolute Gasteiger partial charge is 0.211 e. The van der Waals surface area contributed by atoms with Gasteiger partial charge in [-0.2, -0.15) is 0 Å². The number of piperidine rings is 1. The Labute approximate surface area is 76.8 Å². The molecule has 0 atom stereocenters. The fourth-order valence-corrected chi connectivity index (χ4v) is 2.00. The molecule has 1 fully saturated rings. The van der Waals surface area contributed by atoms with Crippen LogP contribution in [0.1, 0.15) is 25.7 Å². The molecule has 0 amide bonds. The van der Waals surface area contributed by atoms with Crippen molar-refractivity contribution in [2.24, 2.45) is 0 Å². The van der Waals surface area contributed by atoms with Crippen LogP contribution in [0.4, 0.5) is 0 Å². The molecule has 0 radical (unpaired) electrons. The van der Waals surface area contributed by atoms with Gasteiger partial charge in [-0.3, -0.25) is 0 Å². The van der Waals surface area contributed by atoms with E-state index in [0.717, 1.165) is 32.4 Å². The van der Waals surface area contributed by atoms with Crippen LogP contribution < -0.4 is 5.32 Å². The molecule has 0 aromatic heterocycles. The fourth-order valence-electron chi connectivity index (χ4n) is 1.65. The highest BCUT2D eigenvalue weighted by Gasteiger charge is 2.27. The minimum Gasteiger partial charge on any atom is -0.390 e. The van der Waals surface area contributed by atoms with Crippen LogP contribution in [0, 0.1) is 0 Å². The Hall–Kier alpha value is 0.452. The van der Waals surface area contributed by atoms with Crippen molar-refractivity contribution >= 4 is 16.3 Å². The largest absolute Gasteiger partial charge is 0.390 e. The van der Waals surface area contributed by atoms with E-state index in [9.17, 15) is 5.11 Å². The van der Waals surface area contributed by atoms with Crippen LogP contribution in [-0.4, -0.2) is 40.1 Å². The van der Waals surface area contributed by atoms with Gasteiger partial charge < -0.3 is 10.4 Å². The second kappa shape index (κ2) is 4.47. The minimum absolute atomic E-state index is 0.310. The molecule has 0 saturated carbocycles. The average Bonchev–Trinajstić information content (AvgIpc) is 2.03. The molecule has 1 heterocycles. The van der Waals surface area contributed by atoms with Crippen LogP contribution in [0.3, 0.4) is 0 Å². The molecule has 0 spiro atoms. The first-order chi connectivity index (χ1) is 5.27. The van der Waals surface area contributed by atoms with Crippen molar-refractivity contribution < 1.29 is 5.11 Å². The summed E-state index contributed by atoms with van der Waals surface area (Å²) in [7, 11) is 0. The summed E-state index contributed by atoms with van der Waals surface area (Å²) < 4.78 is 0. The summed E-state index contributed by atoms with van der Waals surface area (Å²) in [5, 5.41) is 14.6. The molecule has 3 heteroatoms. The predicted molar refractivity (Wildman–Crippen MR) is 49.6 cm³/mol. The number of hydrogen-bond acceptors (Lipinski definition) is 2. The summed E-state index contributed by atoms with van der Waals surface area (Å²) in [6, 6.07) is 0. The first-order valence-electron chi connectivity index (χ1n) is 4.70. The van der Waals surface area contributed by atoms with E-state index in [-0.39, 0.29) is 5.60 Å². The second-order valence-corrected chi connectivity index (χ2v) is 4.58. The van der Waals surface area contributed by atoms with Crippen LogP contribution in [0.5, 0.6) is 0 Å². The molecule has 0 aromatic carbocycles. The Bertz CT molecular complexity index is 113. The predicted octanol–water partition coefficient (Wildman–Crippen LogP) is -0.0675. The van der Waals surface area contributed by atoms with Crippen LogP contribution in [0.25, 0.3) is 0 Å². The normalized spacial score (nSPS) is 23.4. The van der Waals surface area contributed by atoms with Crippen LogP contribution in [-0.2, 0) is 0 Å². The molecule has 1 saturated heterocycles. The van der Waals surface area contributed by atoms with E-state index in [1.807, 2.05) is 0 Å². The maximum atomic E-state index is 9.98. The second-order valence-electron chi connectivity index (χ2n) is 3.58. The first-order valence-corrected chi connectivity index (χ1v) is 6.11. The molecule has 1 aliphatic heterocycles. The van der Waals surface area contributed by atoms with Crippen molar-refractivity contribution in [1.82, 2.24) is 5.32 Å². The highest BCUT2D eigenvalue weighted by Crippen LogP contribution is 2.23. The third-order valence-electron chi connectivity index (χ3n) is 2.53. The lowest BCUT2D eigenvalue weighted by Crippen LogP contribution is -2.41. The lowest BCUT2D eigenvalue weighted by molar-refractivity contribution is 0.00197. The number of nitrogens with one attached hydrogen (secondary N) is 1. The third kappa shape index (κ3) is 3.13. The number of aliphatic hydroxyl groups is 1. The Morgan fingerprint density at radius 1 is 1.36 bits per heavy atom. The van der Waals surface area contributed by atoms with Gasteiger partial charge in [0.2, 0.25) is 16.3 Å². The molecule has 0 bridgehead atoms. The van der Waals surface area contributed by atoms with E-state index in [2.05, 4.69) is 5.32 Å². The van der Waals surface area contributed by atoms with Gasteiger partial charge in [0.1, 0.15) is 0 Å². The zero-order valence-electron chi connectivity index (χ0n) is 7.40. The highest BCUT2D eigenvalue weighted by atomic mass is 27.0. The van der Waals surface area contributed by atoms with Crippen molar-refractivity contribution in [2.45, 2.75) is 36.6 Å². The van der Waals surface area contributed by atoms with Crippen molar-refractivity contribution in [3.63, 3.8) is 0 Å². The zero-order chi connectivity index (χ0) is 8.16. The summed E-state index contributed by atoms with van der Waals surface area (Å²) in [6.45, 7) is 2.00. The van der Waals surface area contributed by atoms with Gasteiger partial charge >= 0.3 is 0 Å². The van der Waals surface area contributed by atoms with E-state index < -0.39 is 0 Å². The molecular formula is C8H18AlNO. The van der Waals surface area contributed by atoms with E-state index in [0.29, 0.717) is 0 Å². The topological polar surface area (TPSA) is 32.3 Å². The summed E-state index contributed by atoms with van der Waals surface area (Å²) in [5.41, 5.74) is -0.310. The van der Waals surface area contributed by atoms with Gasteiger partial charge in [-0.1, -0.05) is 6.42 Å². The molecule has 0 unspecified atom stereocenters. The third-order valence-corrected chi connectivity index (χ3v) is 3.24. The van der Waals surface area contributed by atoms with Gasteiger partial charge in [0.05, 0.1) is 5.60 Å². The molecule has 0 aromatic rings. The van der Waals surface area contributed by atoms with Gasteiger partial charge in [-0.25, -0.2) is 0 Å². The monoisotopic (exact) mass is 171 g/mol. The SMILES string of the molecule is OC1(CC[CH2][AlH2])CCNCC1. The fraction of sp³-hybridized carbons (Fsp3) is 1.00. The van der Waals surface area contributed by atoms with Crippen LogP contribution >= 0.6 is 0 Å². The molecule has 2 N–H and O–H groups in total. The summed E-state index contributed by atoms with van der Waals surface area (Å²) >= 11 is 1.28. The van der Waals surface area contributed by atoms with E-state index in [1.165, 1.54) is 28.0 Å². The Morgan fingerprint density at radius 3 is 2.55 bits per heavy atom. The Kier molecular flexibility index (Phi) is 3.88. The first kappa shape index (κ1) is 9.54. The molecule has 0 aliphatic carbocycles. The van der Waals surface area contributed by atoms with E-state index in [1.54, 1.807) is 0 Å². The van der Waals surface area contributed by atoms with Gasteiger partial charge in [0.25, 0.3) is 0 Å². The van der Waals surface area contributed by atoms with Crippen molar-refractivity contribution in [3.05, 3.63) is 0 Å². The van der Waals surface area contributed by atoms with Gasteiger partial charge in [-0.05, 0) is 32.4 Å². The summed E-state index contributed by atoms with van der Waals surface area (Å²) in [6.07, 6.45) is 4.16. The Balaban J connectivity index is 2.25. The molecule has 2 nitrogen and oxygen atoms in total. The quantitative estimate of drug-likeness (QED) is 0.583. The molecule has 64 valence electrons. The van der Waals surface area contributed by atoms with Crippen LogP contribution in [0.2, 0.25) is 5.28 Å². The number of rotatable bonds is 3. The molecule has 1 rings (SSSR count). The molecular weight excluding hydrogens is 153 g/mol. The van der Waals surface area contributed by atoms with Crippen LogP contribution in [0.15, 0.2) is 0 Å². The van der Waals surface area contributed by atoms with Crippen molar-refractivity contribution in [1.29, 1.82) is 0 Å². The standard InChI is InChI=1S/C8H16NO.Al.2H/c1-2-3-8(10)4-6-9-7-5-8;;;/h9-10H,1-7H2;;;. The van der Waals surface area contributed by atoms with E-state index in [4.69, 9.17) is 0 Å². The Morgan fingerprint density at radius 2 is 2.00 bits per heavy atom. The lowest BCUT2D eigenvalue weighted by atomic mass is 9.88. The molecule has 1 aliphatic rings. The maximum absolute atomic E-state index is 9.98. The highest BCUT2D eigenvalue weighted by molar-refractivity contribution is 6.08. The van der Waals surface area contributed by atoms with Crippen molar-refractivity contribution in [3.8, 4) is 0 Å². The van der Waals surface area contributed by atoms with Gasteiger partial charge in [0, 0.05) is 0 Å². The average molecular weight is 171 g/mol. The summed E-state index contributed by atoms with van der Waals surface area (Å²) in [4.78, 5) is 0. The molecule has 11 heavy (non-hydrogen) atoms. The zero-order valence-corrected chi connectivity index (χ0v) is 9.40. The lowest BCUT2D eigenvalue weighted by Gasteiger charge is -2.32. The van der Waals surface area contributed by atoms with E-state index >= 15 is 0 Å². The van der Waals surface area contributed by atoms with Crippen molar-refractivity contribution in [2.75, 3.05) is 13.1 Å². The maximum Gasteiger partial charge on any atom is 0.211 e. The summed E-state index contributed by atoms with van der Waals surface area (Å²) in [5.74, 6) is 0. The van der Waals surface area contributed by atoms with Gasteiger partial charge in [-0.15, -0.1) is 5.28 Å².